The first-order chi connectivity index (χ1) is 17.8. The highest BCUT2D eigenvalue weighted by atomic mass is 31.2. The molecular formula is C30H36N3O4P. The van der Waals surface area contributed by atoms with Gasteiger partial charge in [-0.15, -0.1) is 0 Å². The molecule has 4 rings (SSSR count). The van der Waals surface area contributed by atoms with Gasteiger partial charge in [-0.2, -0.15) is 0 Å². The van der Waals surface area contributed by atoms with Crippen LogP contribution in [0.4, 0.5) is 21.9 Å². The van der Waals surface area contributed by atoms with Gasteiger partial charge in [-0.05, 0) is 76.2 Å². The number of hydrogen-bond donors (Lipinski definition) is 0. The molecule has 200 valence electrons. The van der Waals surface area contributed by atoms with Crippen molar-refractivity contribution in [2.24, 2.45) is 0 Å². The van der Waals surface area contributed by atoms with E-state index in [1.54, 1.807) is 24.3 Å². The highest BCUT2D eigenvalue weighted by molar-refractivity contribution is 7.85. The van der Waals surface area contributed by atoms with Crippen LogP contribution in [0.25, 0.3) is 0 Å². The summed E-state index contributed by atoms with van der Waals surface area (Å²) in [5, 5.41) is 1.57. The molecule has 0 atom stereocenters. The minimum absolute atomic E-state index is 0.141. The second-order valence-electron chi connectivity index (χ2n) is 10.9. The van der Waals surface area contributed by atoms with E-state index < -0.39 is 18.8 Å². The van der Waals surface area contributed by atoms with E-state index in [2.05, 4.69) is 0 Å². The molecule has 38 heavy (non-hydrogen) atoms. The van der Waals surface area contributed by atoms with E-state index in [1.165, 1.54) is 4.90 Å². The molecule has 1 aliphatic heterocycles. The SMILES string of the molecule is CCN(C(=O)OC(C)(C)C)c1cccc(P2(=O)c3cc(N(C)C)ccc3C(=O)c3ccc(N(C)C)cc32)c1. The van der Waals surface area contributed by atoms with Gasteiger partial charge in [-0.3, -0.25) is 9.69 Å². The first kappa shape index (κ1) is 27.5. The van der Waals surface area contributed by atoms with Crippen molar-refractivity contribution in [3.63, 3.8) is 0 Å². The second kappa shape index (κ2) is 9.95. The van der Waals surface area contributed by atoms with Crippen molar-refractivity contribution in [1.29, 1.82) is 0 Å². The number of anilines is 3. The van der Waals surface area contributed by atoms with Gasteiger partial charge >= 0.3 is 6.09 Å². The van der Waals surface area contributed by atoms with Crippen LogP contribution in [0.3, 0.4) is 0 Å². The van der Waals surface area contributed by atoms with Gasteiger partial charge in [0, 0.05) is 78.8 Å². The Labute approximate surface area is 225 Å². The molecule has 7 nitrogen and oxygen atoms in total. The lowest BCUT2D eigenvalue weighted by atomic mass is 10.0. The minimum Gasteiger partial charge on any atom is -0.443 e. The third-order valence-electron chi connectivity index (χ3n) is 6.60. The molecule has 0 aromatic heterocycles. The zero-order valence-corrected chi connectivity index (χ0v) is 24.3. The summed E-state index contributed by atoms with van der Waals surface area (Å²) in [5.74, 6) is -0.141. The van der Waals surface area contributed by atoms with Crippen LogP contribution >= 0.6 is 7.14 Å². The first-order valence-corrected chi connectivity index (χ1v) is 14.4. The summed E-state index contributed by atoms with van der Waals surface area (Å²) >= 11 is 0. The van der Waals surface area contributed by atoms with Crippen LogP contribution in [-0.4, -0.2) is 52.2 Å². The monoisotopic (exact) mass is 533 g/mol. The summed E-state index contributed by atoms with van der Waals surface area (Å²) in [6.07, 6.45) is -0.472. The fourth-order valence-electron chi connectivity index (χ4n) is 4.65. The molecule has 8 heteroatoms. The van der Waals surface area contributed by atoms with Crippen LogP contribution in [-0.2, 0) is 9.30 Å². The van der Waals surface area contributed by atoms with Crippen molar-refractivity contribution in [2.45, 2.75) is 33.3 Å². The molecule has 1 aliphatic rings. The number of carbonyl (C=O) groups is 2. The zero-order valence-electron chi connectivity index (χ0n) is 23.4. The predicted octanol–water partition coefficient (Wildman–Crippen LogP) is 4.76. The van der Waals surface area contributed by atoms with Crippen LogP contribution in [0.15, 0.2) is 60.7 Å². The van der Waals surface area contributed by atoms with Crippen molar-refractivity contribution in [3.05, 3.63) is 71.8 Å². The summed E-state index contributed by atoms with van der Waals surface area (Å²) in [6, 6.07) is 18.2. The smallest absolute Gasteiger partial charge is 0.414 e. The molecule has 0 fully saturated rings. The lowest BCUT2D eigenvalue weighted by Crippen LogP contribution is -2.39. The van der Waals surface area contributed by atoms with Crippen molar-refractivity contribution in [2.75, 3.05) is 49.4 Å². The average molecular weight is 534 g/mol. The third-order valence-corrected chi connectivity index (χ3v) is 9.70. The number of carbonyl (C=O) groups excluding carboxylic acids is 2. The number of rotatable bonds is 5. The highest BCUT2D eigenvalue weighted by Crippen LogP contribution is 2.49. The second-order valence-corrected chi connectivity index (χ2v) is 13.6. The summed E-state index contributed by atoms with van der Waals surface area (Å²) in [4.78, 5) is 32.0. The van der Waals surface area contributed by atoms with Gasteiger partial charge in [-0.1, -0.05) is 12.1 Å². The van der Waals surface area contributed by atoms with Gasteiger partial charge in [0.2, 0.25) is 0 Å². The number of nitrogens with zero attached hydrogens (tertiary/aromatic N) is 3. The molecule has 0 spiro atoms. The van der Waals surface area contributed by atoms with E-state index in [1.807, 2.05) is 102 Å². The zero-order chi connectivity index (χ0) is 28.0. The predicted molar refractivity (Wildman–Crippen MR) is 157 cm³/mol. The van der Waals surface area contributed by atoms with Gasteiger partial charge in [0.05, 0.1) is 0 Å². The van der Waals surface area contributed by atoms with Gasteiger partial charge in [0.15, 0.2) is 12.9 Å². The Morgan fingerprint density at radius 3 is 1.79 bits per heavy atom. The van der Waals surface area contributed by atoms with Crippen molar-refractivity contribution < 1.29 is 18.9 Å². The highest BCUT2D eigenvalue weighted by Gasteiger charge is 2.42. The molecule has 0 aliphatic carbocycles. The Bertz CT molecular complexity index is 1390. The molecule has 0 bridgehead atoms. The number of fused-ring (bicyclic) bond motifs is 2. The van der Waals surface area contributed by atoms with Gasteiger partial charge in [-0.25, -0.2) is 4.79 Å². The van der Waals surface area contributed by atoms with Crippen molar-refractivity contribution in [3.8, 4) is 0 Å². The van der Waals surface area contributed by atoms with Crippen LogP contribution in [0.1, 0.15) is 43.6 Å². The maximum Gasteiger partial charge on any atom is 0.414 e. The van der Waals surface area contributed by atoms with Crippen LogP contribution in [0.2, 0.25) is 0 Å². The Hall–Kier alpha value is -3.57. The van der Waals surface area contributed by atoms with Crippen LogP contribution in [0, 0.1) is 0 Å². The van der Waals surface area contributed by atoms with Gasteiger partial charge in [0.1, 0.15) is 5.60 Å². The maximum atomic E-state index is 15.5. The van der Waals surface area contributed by atoms with Gasteiger partial charge in [0.25, 0.3) is 0 Å². The number of ether oxygens (including phenoxy) is 1. The molecule has 0 unspecified atom stereocenters. The lowest BCUT2D eigenvalue weighted by Gasteiger charge is -2.31. The van der Waals surface area contributed by atoms with Gasteiger partial charge < -0.3 is 19.1 Å². The first-order valence-electron chi connectivity index (χ1n) is 12.7. The average Bonchev–Trinajstić information content (AvgIpc) is 2.86. The number of benzene rings is 3. The Kier molecular flexibility index (Phi) is 7.19. The fraction of sp³-hybridized carbons (Fsp3) is 0.333. The topological polar surface area (TPSA) is 70.2 Å². The van der Waals surface area contributed by atoms with E-state index in [9.17, 15) is 9.59 Å². The molecule has 3 aromatic rings. The number of amides is 1. The van der Waals surface area contributed by atoms with Crippen LogP contribution in [0.5, 0.6) is 0 Å². The standard InChI is InChI=1S/C30H36N3O4P/c1-9-33(29(35)37-30(2,3)4)22-11-10-12-23(17-22)38(36)26-18-20(31(5)6)13-15-24(26)28(34)25-16-14-21(32(7)8)19-27(25)38/h10-19H,9H2,1-8H3. The Morgan fingerprint density at radius 2 is 1.34 bits per heavy atom. The minimum atomic E-state index is -3.52. The van der Waals surface area contributed by atoms with Crippen molar-refractivity contribution in [1.82, 2.24) is 0 Å². The summed E-state index contributed by atoms with van der Waals surface area (Å²) in [7, 11) is 4.13. The number of hydrogen-bond acceptors (Lipinski definition) is 6. The summed E-state index contributed by atoms with van der Waals surface area (Å²) < 4.78 is 21.1. The molecular weight excluding hydrogens is 497 g/mol. The molecule has 1 amide bonds. The maximum absolute atomic E-state index is 15.5. The molecule has 0 saturated carbocycles. The van der Waals surface area contributed by atoms with E-state index in [4.69, 9.17) is 4.74 Å². The molecule has 0 saturated heterocycles. The Balaban J connectivity index is 1.98. The van der Waals surface area contributed by atoms with E-state index in [0.717, 1.165) is 11.4 Å². The lowest BCUT2D eigenvalue weighted by molar-refractivity contribution is 0.0582. The molecule has 1 heterocycles. The third kappa shape index (κ3) is 4.83. The molecule has 3 aromatic carbocycles. The normalized spacial score (nSPS) is 13.8. The van der Waals surface area contributed by atoms with E-state index in [-0.39, 0.29) is 5.78 Å². The van der Waals surface area contributed by atoms with Crippen molar-refractivity contribution >= 4 is 52.0 Å². The Morgan fingerprint density at radius 1 is 0.816 bits per heavy atom. The largest absolute Gasteiger partial charge is 0.443 e. The van der Waals surface area contributed by atoms with E-state index in [0.29, 0.717) is 39.3 Å². The molecule has 0 radical (unpaired) electrons. The summed E-state index contributed by atoms with van der Waals surface area (Å²) in [5.41, 5.74) is 2.51. The summed E-state index contributed by atoms with van der Waals surface area (Å²) in [6.45, 7) is 7.72. The molecule has 0 N–H and O–H groups in total. The number of ketones is 1. The van der Waals surface area contributed by atoms with E-state index >= 15 is 4.57 Å². The van der Waals surface area contributed by atoms with Crippen LogP contribution < -0.4 is 30.6 Å². The fourth-order valence-corrected chi connectivity index (χ4v) is 7.73. The quantitative estimate of drug-likeness (QED) is 0.345.